The molecule has 1 unspecified atom stereocenters. The molecule has 19 heavy (non-hydrogen) atoms. The van der Waals surface area contributed by atoms with E-state index in [9.17, 15) is 8.42 Å². The van der Waals surface area contributed by atoms with E-state index in [4.69, 9.17) is 0 Å². The van der Waals surface area contributed by atoms with Crippen molar-refractivity contribution in [3.63, 3.8) is 0 Å². The summed E-state index contributed by atoms with van der Waals surface area (Å²) < 4.78 is 27.7. The smallest absolute Gasteiger partial charge is 0.250 e. The van der Waals surface area contributed by atoms with Crippen LogP contribution in [-0.4, -0.2) is 21.5 Å². The van der Waals surface area contributed by atoms with E-state index in [0.29, 0.717) is 16.7 Å². The zero-order chi connectivity index (χ0) is 14.5. The molecule has 6 heteroatoms. The monoisotopic (exact) mass is 304 g/mol. The van der Waals surface area contributed by atoms with Gasteiger partial charge < -0.3 is 5.32 Å². The molecule has 0 aromatic carbocycles. The normalized spacial score (nSPS) is 13.9. The lowest BCUT2D eigenvalue weighted by atomic mass is 9.96. The summed E-state index contributed by atoms with van der Waals surface area (Å²) in [5.74, 6) is 0.381. The van der Waals surface area contributed by atoms with Crippen LogP contribution in [0, 0.1) is 5.92 Å². The number of sulfonamides is 1. The molecule has 0 amide bonds. The van der Waals surface area contributed by atoms with Crippen LogP contribution in [-0.2, 0) is 16.6 Å². The van der Waals surface area contributed by atoms with Gasteiger partial charge in [-0.25, -0.2) is 13.1 Å². The molecular weight excluding hydrogens is 280 g/mol. The predicted octanol–water partition coefficient (Wildman–Crippen LogP) is 2.57. The number of rotatable bonds is 8. The van der Waals surface area contributed by atoms with Crippen molar-refractivity contribution in [2.75, 3.05) is 7.05 Å². The van der Waals surface area contributed by atoms with Crippen molar-refractivity contribution >= 4 is 21.4 Å². The molecule has 0 radical (unpaired) electrons. The van der Waals surface area contributed by atoms with Gasteiger partial charge in [0.1, 0.15) is 4.21 Å². The molecule has 1 aromatic heterocycles. The van der Waals surface area contributed by atoms with E-state index >= 15 is 0 Å². The molecule has 0 aliphatic rings. The molecule has 110 valence electrons. The zero-order valence-electron chi connectivity index (χ0n) is 12.1. The first-order valence-electron chi connectivity index (χ1n) is 6.68. The maximum absolute atomic E-state index is 12.3. The van der Waals surface area contributed by atoms with Gasteiger partial charge in [-0.05, 0) is 36.9 Å². The zero-order valence-corrected chi connectivity index (χ0v) is 13.7. The maximum Gasteiger partial charge on any atom is 0.250 e. The van der Waals surface area contributed by atoms with Crippen molar-refractivity contribution in [2.45, 2.75) is 50.4 Å². The van der Waals surface area contributed by atoms with Crippen LogP contribution in [0.4, 0.5) is 0 Å². The van der Waals surface area contributed by atoms with E-state index in [0.717, 1.165) is 18.4 Å². The van der Waals surface area contributed by atoms with Crippen molar-refractivity contribution in [1.29, 1.82) is 0 Å². The van der Waals surface area contributed by atoms with Gasteiger partial charge >= 0.3 is 0 Å². The van der Waals surface area contributed by atoms with Crippen LogP contribution in [0.15, 0.2) is 15.7 Å². The Morgan fingerprint density at radius 2 is 1.95 bits per heavy atom. The number of nitrogens with one attached hydrogen (secondary N) is 2. The lowest BCUT2D eigenvalue weighted by Crippen LogP contribution is -2.37. The molecule has 0 saturated heterocycles. The summed E-state index contributed by atoms with van der Waals surface area (Å²) in [6.07, 6.45) is 1.96. The SMILES string of the molecule is CCC(CC)C(C)NS(=O)(=O)c1cc(CNC)cs1. The molecular formula is C13H24N2O2S2. The minimum absolute atomic E-state index is 0.0325. The molecule has 4 nitrogen and oxygen atoms in total. The van der Waals surface area contributed by atoms with E-state index in [1.807, 2.05) is 19.4 Å². The van der Waals surface area contributed by atoms with E-state index in [-0.39, 0.29) is 6.04 Å². The number of thiophene rings is 1. The molecule has 0 aliphatic carbocycles. The topological polar surface area (TPSA) is 58.2 Å². The standard InChI is InChI=1S/C13H24N2O2S2/c1-5-12(6-2)10(3)15-19(16,17)13-7-11(8-14-4)9-18-13/h7,9-10,12,14-15H,5-6,8H2,1-4H3. The lowest BCUT2D eigenvalue weighted by molar-refractivity contribution is 0.391. The van der Waals surface area contributed by atoms with Crippen LogP contribution < -0.4 is 10.0 Å². The van der Waals surface area contributed by atoms with Crippen LogP contribution in [0.3, 0.4) is 0 Å². The summed E-state index contributed by atoms with van der Waals surface area (Å²) in [4.78, 5) is 0. The minimum atomic E-state index is -3.38. The Kier molecular flexibility index (Phi) is 6.46. The molecule has 1 atom stereocenters. The number of hydrogen-bond donors (Lipinski definition) is 2. The molecule has 2 N–H and O–H groups in total. The van der Waals surface area contributed by atoms with E-state index in [1.165, 1.54) is 11.3 Å². The van der Waals surface area contributed by atoms with Gasteiger partial charge in [0, 0.05) is 12.6 Å². The molecule has 0 saturated carbocycles. The molecule has 1 heterocycles. The van der Waals surface area contributed by atoms with Gasteiger partial charge in [-0.1, -0.05) is 26.7 Å². The van der Waals surface area contributed by atoms with Crippen molar-refractivity contribution in [3.05, 3.63) is 17.0 Å². The largest absolute Gasteiger partial charge is 0.316 e. The first-order valence-corrected chi connectivity index (χ1v) is 9.05. The van der Waals surface area contributed by atoms with Crippen LogP contribution >= 0.6 is 11.3 Å². The summed E-state index contributed by atoms with van der Waals surface area (Å²) in [7, 11) is -1.53. The summed E-state index contributed by atoms with van der Waals surface area (Å²) in [5.41, 5.74) is 1.00. The van der Waals surface area contributed by atoms with Crippen LogP contribution in [0.2, 0.25) is 0 Å². The molecule has 0 aliphatic heterocycles. The van der Waals surface area contributed by atoms with Gasteiger partial charge in [0.05, 0.1) is 0 Å². The summed E-state index contributed by atoms with van der Waals surface area (Å²) >= 11 is 1.27. The first kappa shape index (κ1) is 16.6. The second kappa shape index (κ2) is 7.38. The quantitative estimate of drug-likeness (QED) is 0.776. The third-order valence-electron chi connectivity index (χ3n) is 3.37. The summed E-state index contributed by atoms with van der Waals surface area (Å²) in [6.45, 7) is 6.82. The van der Waals surface area contributed by atoms with E-state index < -0.39 is 10.0 Å². The fraction of sp³-hybridized carbons (Fsp3) is 0.692. The van der Waals surface area contributed by atoms with Gasteiger partial charge in [0.15, 0.2) is 0 Å². The van der Waals surface area contributed by atoms with Gasteiger partial charge in [0.2, 0.25) is 10.0 Å². The van der Waals surface area contributed by atoms with E-state index in [1.54, 1.807) is 6.07 Å². The lowest BCUT2D eigenvalue weighted by Gasteiger charge is -2.21. The number of hydrogen-bond acceptors (Lipinski definition) is 4. The maximum atomic E-state index is 12.3. The van der Waals surface area contributed by atoms with Crippen LogP contribution in [0.5, 0.6) is 0 Å². The Labute approximate surface area is 120 Å². The fourth-order valence-corrected chi connectivity index (χ4v) is 4.72. The minimum Gasteiger partial charge on any atom is -0.316 e. The predicted molar refractivity (Wildman–Crippen MR) is 80.9 cm³/mol. The third kappa shape index (κ3) is 4.56. The molecule has 0 spiro atoms. The Balaban J connectivity index is 2.79. The van der Waals surface area contributed by atoms with Gasteiger partial charge in [-0.2, -0.15) is 0 Å². The highest BCUT2D eigenvalue weighted by Crippen LogP contribution is 2.22. The molecule has 1 rings (SSSR count). The van der Waals surface area contributed by atoms with Crippen molar-refractivity contribution in [1.82, 2.24) is 10.0 Å². The van der Waals surface area contributed by atoms with Crippen molar-refractivity contribution < 1.29 is 8.42 Å². The second-order valence-electron chi connectivity index (χ2n) is 4.79. The van der Waals surface area contributed by atoms with Gasteiger partial charge in [-0.3, -0.25) is 0 Å². The average molecular weight is 304 g/mol. The highest BCUT2D eigenvalue weighted by molar-refractivity contribution is 7.91. The Morgan fingerprint density at radius 1 is 1.32 bits per heavy atom. The molecule has 0 fully saturated rings. The molecule has 0 bridgehead atoms. The van der Waals surface area contributed by atoms with E-state index in [2.05, 4.69) is 23.9 Å². The Bertz CT molecular complexity index is 479. The Hall–Kier alpha value is -0.430. The molecule has 1 aromatic rings. The van der Waals surface area contributed by atoms with Crippen LogP contribution in [0.25, 0.3) is 0 Å². The van der Waals surface area contributed by atoms with Gasteiger partial charge in [-0.15, -0.1) is 11.3 Å². The summed E-state index contributed by atoms with van der Waals surface area (Å²) in [5, 5.41) is 4.90. The summed E-state index contributed by atoms with van der Waals surface area (Å²) in [6, 6.07) is 1.71. The Morgan fingerprint density at radius 3 is 2.47 bits per heavy atom. The average Bonchev–Trinajstić information content (AvgIpc) is 2.80. The van der Waals surface area contributed by atoms with Gasteiger partial charge in [0.25, 0.3) is 0 Å². The van der Waals surface area contributed by atoms with Crippen molar-refractivity contribution in [2.24, 2.45) is 5.92 Å². The third-order valence-corrected chi connectivity index (χ3v) is 6.42. The highest BCUT2D eigenvalue weighted by Gasteiger charge is 2.23. The highest BCUT2D eigenvalue weighted by atomic mass is 32.2. The fourth-order valence-electron chi connectivity index (χ4n) is 2.19. The first-order chi connectivity index (χ1) is 8.94. The second-order valence-corrected chi connectivity index (χ2v) is 7.64. The van der Waals surface area contributed by atoms with Crippen molar-refractivity contribution in [3.8, 4) is 0 Å². The van der Waals surface area contributed by atoms with Crippen LogP contribution in [0.1, 0.15) is 39.2 Å².